The van der Waals surface area contributed by atoms with Crippen LogP contribution in [0.3, 0.4) is 0 Å². The Balaban J connectivity index is 1.61. The predicted molar refractivity (Wildman–Crippen MR) is 91.5 cm³/mol. The number of aromatic nitrogens is 1. The Bertz CT molecular complexity index is 639. The van der Waals surface area contributed by atoms with Gasteiger partial charge in [0.1, 0.15) is 12.4 Å². The summed E-state index contributed by atoms with van der Waals surface area (Å²) in [6.07, 6.45) is 4.39. The van der Waals surface area contributed by atoms with Crippen LogP contribution >= 0.6 is 11.3 Å². The Morgan fingerprint density at radius 1 is 1.36 bits per heavy atom. The zero-order chi connectivity index (χ0) is 15.5. The molecule has 0 saturated heterocycles. The standard InChI is InChI=1S/C18H22N2OS/c1-12(2)11-21-14-8-6-13(7-9-14)15(19)10-18-20-16-4-3-5-17(16)22-18/h6-9,15H,1,3-5,10-11,19H2,2H3. The molecule has 1 atom stereocenters. The Morgan fingerprint density at radius 2 is 2.14 bits per heavy atom. The lowest BCUT2D eigenvalue weighted by molar-refractivity contribution is 0.352. The summed E-state index contributed by atoms with van der Waals surface area (Å²) in [5, 5.41) is 1.17. The van der Waals surface area contributed by atoms with Gasteiger partial charge in [-0.1, -0.05) is 18.7 Å². The Hall–Kier alpha value is -1.65. The van der Waals surface area contributed by atoms with Gasteiger partial charge in [-0.25, -0.2) is 4.98 Å². The lowest BCUT2D eigenvalue weighted by Crippen LogP contribution is -2.13. The van der Waals surface area contributed by atoms with E-state index in [2.05, 4.69) is 6.58 Å². The number of ether oxygens (including phenoxy) is 1. The van der Waals surface area contributed by atoms with Crippen LogP contribution in [0.15, 0.2) is 36.4 Å². The van der Waals surface area contributed by atoms with Crippen molar-refractivity contribution >= 4 is 11.3 Å². The summed E-state index contributed by atoms with van der Waals surface area (Å²) in [5.74, 6) is 0.854. The molecule has 116 valence electrons. The van der Waals surface area contributed by atoms with Crippen molar-refractivity contribution in [2.75, 3.05) is 6.61 Å². The van der Waals surface area contributed by atoms with E-state index in [1.54, 1.807) is 0 Å². The first kappa shape index (κ1) is 15.3. The molecule has 1 aliphatic carbocycles. The topological polar surface area (TPSA) is 48.1 Å². The first-order chi connectivity index (χ1) is 10.6. The number of aryl methyl sites for hydroxylation is 2. The quantitative estimate of drug-likeness (QED) is 0.824. The van der Waals surface area contributed by atoms with Crippen molar-refractivity contribution in [1.29, 1.82) is 0 Å². The summed E-state index contributed by atoms with van der Waals surface area (Å²) >= 11 is 1.83. The molecule has 0 spiro atoms. The molecule has 1 unspecified atom stereocenters. The number of nitrogens with zero attached hydrogens (tertiary/aromatic N) is 1. The monoisotopic (exact) mass is 314 g/mol. The number of hydrogen-bond donors (Lipinski definition) is 1. The summed E-state index contributed by atoms with van der Waals surface area (Å²) in [4.78, 5) is 6.19. The molecular weight excluding hydrogens is 292 g/mol. The van der Waals surface area contributed by atoms with Crippen molar-refractivity contribution in [3.63, 3.8) is 0 Å². The van der Waals surface area contributed by atoms with E-state index >= 15 is 0 Å². The minimum atomic E-state index is -0.0125. The van der Waals surface area contributed by atoms with Crippen molar-refractivity contribution in [2.24, 2.45) is 5.73 Å². The van der Waals surface area contributed by atoms with Crippen LogP contribution in [-0.2, 0) is 19.3 Å². The molecule has 4 heteroatoms. The van der Waals surface area contributed by atoms with Crippen LogP contribution in [0.2, 0.25) is 0 Å². The molecule has 0 fully saturated rings. The van der Waals surface area contributed by atoms with Gasteiger partial charge in [-0.15, -0.1) is 11.3 Å². The molecule has 1 aromatic heterocycles. The second-order valence-electron chi connectivity index (χ2n) is 5.96. The third-order valence-electron chi connectivity index (χ3n) is 3.83. The van der Waals surface area contributed by atoms with Gasteiger partial charge in [-0.3, -0.25) is 0 Å². The van der Waals surface area contributed by atoms with E-state index in [0.29, 0.717) is 6.61 Å². The average Bonchev–Trinajstić information content (AvgIpc) is 3.06. The lowest BCUT2D eigenvalue weighted by Gasteiger charge is -2.12. The van der Waals surface area contributed by atoms with E-state index in [0.717, 1.165) is 29.7 Å². The molecule has 0 bridgehead atoms. The molecule has 1 heterocycles. The van der Waals surface area contributed by atoms with Gasteiger partial charge in [-0.2, -0.15) is 0 Å². The predicted octanol–water partition coefficient (Wildman–Crippen LogP) is 3.83. The van der Waals surface area contributed by atoms with Crippen LogP contribution in [0.4, 0.5) is 0 Å². The third kappa shape index (κ3) is 3.57. The minimum Gasteiger partial charge on any atom is -0.489 e. The van der Waals surface area contributed by atoms with Gasteiger partial charge in [0, 0.05) is 17.3 Å². The van der Waals surface area contributed by atoms with Crippen LogP contribution in [0.5, 0.6) is 5.75 Å². The number of fused-ring (bicyclic) bond motifs is 1. The normalized spacial score (nSPS) is 14.6. The van der Waals surface area contributed by atoms with Gasteiger partial charge < -0.3 is 10.5 Å². The van der Waals surface area contributed by atoms with Crippen molar-refractivity contribution < 1.29 is 4.74 Å². The zero-order valence-corrected chi connectivity index (χ0v) is 13.8. The van der Waals surface area contributed by atoms with Crippen molar-refractivity contribution in [1.82, 2.24) is 4.98 Å². The van der Waals surface area contributed by atoms with E-state index in [4.69, 9.17) is 15.5 Å². The van der Waals surface area contributed by atoms with E-state index in [1.165, 1.54) is 28.4 Å². The fourth-order valence-corrected chi connectivity index (χ4v) is 3.87. The third-order valence-corrected chi connectivity index (χ3v) is 5.01. The highest BCUT2D eigenvalue weighted by molar-refractivity contribution is 7.11. The number of rotatable bonds is 6. The molecule has 22 heavy (non-hydrogen) atoms. The number of benzene rings is 1. The fraction of sp³-hybridized carbons (Fsp3) is 0.389. The van der Waals surface area contributed by atoms with Gasteiger partial charge in [0.05, 0.1) is 10.7 Å². The molecule has 0 amide bonds. The van der Waals surface area contributed by atoms with Gasteiger partial charge in [0.2, 0.25) is 0 Å². The average molecular weight is 314 g/mol. The van der Waals surface area contributed by atoms with Gasteiger partial charge in [-0.05, 0) is 49.5 Å². The SMILES string of the molecule is C=C(C)COc1ccc(C(N)Cc2nc3c(s2)CCC3)cc1. The first-order valence-electron chi connectivity index (χ1n) is 7.72. The fourth-order valence-electron chi connectivity index (χ4n) is 2.65. The maximum Gasteiger partial charge on any atom is 0.119 e. The van der Waals surface area contributed by atoms with Crippen molar-refractivity contribution in [3.05, 3.63) is 57.6 Å². The van der Waals surface area contributed by atoms with E-state index < -0.39 is 0 Å². The Kier molecular flexibility index (Phi) is 4.60. The van der Waals surface area contributed by atoms with E-state index in [1.807, 2.05) is 42.5 Å². The van der Waals surface area contributed by atoms with Crippen molar-refractivity contribution in [3.8, 4) is 5.75 Å². The molecule has 3 nitrogen and oxygen atoms in total. The molecule has 2 aromatic rings. The molecule has 0 aliphatic heterocycles. The van der Waals surface area contributed by atoms with Crippen LogP contribution in [0.25, 0.3) is 0 Å². The van der Waals surface area contributed by atoms with Crippen LogP contribution in [0, 0.1) is 0 Å². The van der Waals surface area contributed by atoms with Crippen LogP contribution in [-0.4, -0.2) is 11.6 Å². The highest BCUT2D eigenvalue weighted by Gasteiger charge is 2.18. The highest BCUT2D eigenvalue weighted by Crippen LogP contribution is 2.29. The molecule has 0 saturated carbocycles. The summed E-state index contributed by atoms with van der Waals surface area (Å²) < 4.78 is 5.61. The van der Waals surface area contributed by atoms with E-state index in [-0.39, 0.29) is 6.04 Å². The Labute approximate surface area is 135 Å². The maximum atomic E-state index is 6.33. The largest absolute Gasteiger partial charge is 0.489 e. The Morgan fingerprint density at radius 3 is 2.82 bits per heavy atom. The molecule has 1 aromatic carbocycles. The highest BCUT2D eigenvalue weighted by atomic mass is 32.1. The number of thiazole rings is 1. The van der Waals surface area contributed by atoms with Crippen LogP contribution in [0.1, 0.15) is 40.5 Å². The summed E-state index contributed by atoms with van der Waals surface area (Å²) in [6.45, 7) is 6.34. The molecular formula is C18H22N2OS. The molecule has 3 rings (SSSR count). The second-order valence-corrected chi connectivity index (χ2v) is 7.12. The maximum absolute atomic E-state index is 6.33. The molecule has 0 radical (unpaired) electrons. The number of nitrogens with two attached hydrogens (primary N) is 1. The first-order valence-corrected chi connectivity index (χ1v) is 8.53. The van der Waals surface area contributed by atoms with Gasteiger partial charge >= 0.3 is 0 Å². The lowest BCUT2D eigenvalue weighted by atomic mass is 10.1. The summed E-state index contributed by atoms with van der Waals surface area (Å²) in [6, 6.07) is 8.01. The smallest absolute Gasteiger partial charge is 0.119 e. The zero-order valence-electron chi connectivity index (χ0n) is 13.0. The van der Waals surface area contributed by atoms with E-state index in [9.17, 15) is 0 Å². The minimum absolute atomic E-state index is 0.0125. The number of hydrogen-bond acceptors (Lipinski definition) is 4. The summed E-state index contributed by atoms with van der Waals surface area (Å²) in [5.41, 5.74) is 9.77. The van der Waals surface area contributed by atoms with Gasteiger partial charge in [0.15, 0.2) is 0 Å². The van der Waals surface area contributed by atoms with Crippen molar-refractivity contribution in [2.45, 2.75) is 38.6 Å². The van der Waals surface area contributed by atoms with Gasteiger partial charge in [0.25, 0.3) is 0 Å². The van der Waals surface area contributed by atoms with Crippen LogP contribution < -0.4 is 10.5 Å². The second kappa shape index (κ2) is 6.63. The molecule has 2 N–H and O–H groups in total. The summed E-state index contributed by atoms with van der Waals surface area (Å²) in [7, 11) is 0. The molecule has 1 aliphatic rings.